The minimum atomic E-state index is 0.399. The molecule has 5 heteroatoms. The summed E-state index contributed by atoms with van der Waals surface area (Å²) in [6.45, 7) is 3.20. The summed E-state index contributed by atoms with van der Waals surface area (Å²) in [4.78, 5) is 11.0. The van der Waals surface area contributed by atoms with E-state index in [1.165, 1.54) is 38.5 Å². The third-order valence-corrected chi connectivity index (χ3v) is 4.90. The molecule has 1 heterocycles. The predicted octanol–water partition coefficient (Wildman–Crippen LogP) is 2.83. The first kappa shape index (κ1) is 15.5. The van der Waals surface area contributed by atoms with Crippen molar-refractivity contribution in [1.82, 2.24) is 14.9 Å². The summed E-state index contributed by atoms with van der Waals surface area (Å²) >= 11 is 0. The summed E-state index contributed by atoms with van der Waals surface area (Å²) in [5.74, 6) is 2.74. The molecule has 0 aliphatic heterocycles. The molecule has 0 aromatic carbocycles. The van der Waals surface area contributed by atoms with Gasteiger partial charge in [-0.3, -0.25) is 0 Å². The fraction of sp³-hybridized carbons (Fsp3) is 0.765. The van der Waals surface area contributed by atoms with E-state index in [1.807, 2.05) is 6.07 Å². The molecular formula is C17H29N5. The van der Waals surface area contributed by atoms with Crippen LogP contribution in [0.5, 0.6) is 0 Å². The Morgan fingerprint density at radius 3 is 2.45 bits per heavy atom. The Hall–Kier alpha value is -1.36. The zero-order valence-corrected chi connectivity index (χ0v) is 13.9. The highest BCUT2D eigenvalue weighted by Crippen LogP contribution is 2.38. The van der Waals surface area contributed by atoms with Gasteiger partial charge in [-0.05, 0) is 45.7 Å². The predicted molar refractivity (Wildman–Crippen MR) is 91.2 cm³/mol. The normalized spacial score (nSPS) is 20.3. The quantitative estimate of drug-likeness (QED) is 0.773. The summed E-state index contributed by atoms with van der Waals surface area (Å²) in [7, 11) is 4.34. The number of nitrogens with zero attached hydrogens (tertiary/aromatic N) is 3. The van der Waals surface area contributed by atoms with Gasteiger partial charge in [0.2, 0.25) is 0 Å². The van der Waals surface area contributed by atoms with Crippen molar-refractivity contribution in [3.63, 3.8) is 0 Å². The van der Waals surface area contributed by atoms with Crippen LogP contribution in [0.3, 0.4) is 0 Å². The minimum absolute atomic E-state index is 0.399. The maximum Gasteiger partial charge on any atom is 0.131 e. The van der Waals surface area contributed by atoms with Crippen molar-refractivity contribution >= 4 is 11.6 Å². The molecule has 2 saturated carbocycles. The molecule has 1 aromatic rings. The maximum absolute atomic E-state index is 4.38. The van der Waals surface area contributed by atoms with Crippen LogP contribution in [0.2, 0.25) is 0 Å². The van der Waals surface area contributed by atoms with Gasteiger partial charge in [0.05, 0.1) is 0 Å². The van der Waals surface area contributed by atoms with Crippen molar-refractivity contribution in [1.29, 1.82) is 0 Å². The fourth-order valence-corrected chi connectivity index (χ4v) is 3.59. The van der Waals surface area contributed by atoms with Gasteiger partial charge in [0.1, 0.15) is 18.0 Å². The second-order valence-electron chi connectivity index (χ2n) is 7.41. The number of aromatic nitrogens is 2. The second kappa shape index (κ2) is 6.82. The summed E-state index contributed by atoms with van der Waals surface area (Å²) in [6, 6.07) is 2.04. The van der Waals surface area contributed by atoms with E-state index in [0.717, 1.165) is 37.2 Å². The molecule has 0 atom stereocenters. The second-order valence-corrected chi connectivity index (χ2v) is 7.41. The standard InChI is InChI=1S/C17H29N5/c1-22(2)12-17(7-3-4-8-17)11-19-16-9-15(20-13-21-16)18-10-14-5-6-14/h9,13-14H,3-8,10-12H2,1-2H3,(H2,18,19,20,21). The molecule has 122 valence electrons. The molecule has 2 aliphatic carbocycles. The van der Waals surface area contributed by atoms with Crippen molar-refractivity contribution in [3.8, 4) is 0 Å². The van der Waals surface area contributed by atoms with Gasteiger partial charge in [-0.15, -0.1) is 0 Å². The van der Waals surface area contributed by atoms with Crippen molar-refractivity contribution in [2.75, 3.05) is 44.4 Å². The lowest BCUT2D eigenvalue weighted by Gasteiger charge is -2.32. The van der Waals surface area contributed by atoms with E-state index in [9.17, 15) is 0 Å². The van der Waals surface area contributed by atoms with Gasteiger partial charge >= 0.3 is 0 Å². The Morgan fingerprint density at radius 1 is 1.14 bits per heavy atom. The van der Waals surface area contributed by atoms with Crippen LogP contribution in [-0.4, -0.2) is 48.6 Å². The van der Waals surface area contributed by atoms with E-state index in [0.29, 0.717) is 5.41 Å². The number of nitrogens with one attached hydrogen (secondary N) is 2. The smallest absolute Gasteiger partial charge is 0.131 e. The van der Waals surface area contributed by atoms with Gasteiger partial charge in [0.25, 0.3) is 0 Å². The summed E-state index contributed by atoms with van der Waals surface area (Å²) in [5, 5.41) is 6.98. The van der Waals surface area contributed by atoms with Crippen molar-refractivity contribution < 1.29 is 0 Å². The van der Waals surface area contributed by atoms with Gasteiger partial charge in [-0.2, -0.15) is 0 Å². The maximum atomic E-state index is 4.38. The molecule has 0 saturated heterocycles. The lowest BCUT2D eigenvalue weighted by molar-refractivity contribution is 0.215. The first-order chi connectivity index (χ1) is 10.7. The number of anilines is 2. The van der Waals surface area contributed by atoms with E-state index < -0.39 is 0 Å². The lowest BCUT2D eigenvalue weighted by atomic mass is 9.85. The largest absolute Gasteiger partial charge is 0.370 e. The third kappa shape index (κ3) is 4.32. The molecule has 3 rings (SSSR count). The Bertz CT molecular complexity index is 478. The highest BCUT2D eigenvalue weighted by atomic mass is 15.1. The molecule has 2 N–H and O–H groups in total. The van der Waals surface area contributed by atoms with E-state index in [2.05, 4.69) is 39.6 Å². The summed E-state index contributed by atoms with van der Waals surface area (Å²) in [5.41, 5.74) is 0.399. The van der Waals surface area contributed by atoms with Crippen LogP contribution in [0.1, 0.15) is 38.5 Å². The van der Waals surface area contributed by atoms with Crippen LogP contribution in [0.25, 0.3) is 0 Å². The van der Waals surface area contributed by atoms with Crippen LogP contribution in [0, 0.1) is 11.3 Å². The average Bonchev–Trinajstić information content (AvgIpc) is 3.22. The van der Waals surface area contributed by atoms with Crippen LogP contribution in [0.15, 0.2) is 12.4 Å². The molecule has 5 nitrogen and oxygen atoms in total. The zero-order chi connectivity index (χ0) is 15.4. The third-order valence-electron chi connectivity index (χ3n) is 4.90. The monoisotopic (exact) mass is 303 g/mol. The highest BCUT2D eigenvalue weighted by molar-refractivity contribution is 5.46. The van der Waals surface area contributed by atoms with E-state index in [4.69, 9.17) is 0 Å². The molecular weight excluding hydrogens is 274 g/mol. The first-order valence-corrected chi connectivity index (χ1v) is 8.60. The number of hydrogen-bond donors (Lipinski definition) is 2. The Balaban J connectivity index is 1.56. The first-order valence-electron chi connectivity index (χ1n) is 8.60. The van der Waals surface area contributed by atoms with Gasteiger partial charge < -0.3 is 15.5 Å². The topological polar surface area (TPSA) is 53.1 Å². The van der Waals surface area contributed by atoms with Crippen LogP contribution in [0.4, 0.5) is 11.6 Å². The van der Waals surface area contributed by atoms with Gasteiger partial charge in [-0.1, -0.05) is 12.8 Å². The van der Waals surface area contributed by atoms with Gasteiger partial charge in [-0.25, -0.2) is 9.97 Å². The van der Waals surface area contributed by atoms with Gasteiger partial charge in [0, 0.05) is 31.1 Å². The highest BCUT2D eigenvalue weighted by Gasteiger charge is 2.34. The Labute approximate surface area is 133 Å². The minimum Gasteiger partial charge on any atom is -0.370 e. The van der Waals surface area contributed by atoms with E-state index >= 15 is 0 Å². The average molecular weight is 303 g/mol. The van der Waals surface area contributed by atoms with Crippen molar-refractivity contribution in [2.24, 2.45) is 11.3 Å². The molecule has 1 aromatic heterocycles. The fourth-order valence-electron chi connectivity index (χ4n) is 3.59. The molecule has 0 radical (unpaired) electrons. The molecule has 0 amide bonds. The molecule has 0 unspecified atom stereocenters. The summed E-state index contributed by atoms with van der Waals surface area (Å²) < 4.78 is 0. The SMILES string of the molecule is CN(C)CC1(CNc2cc(NCC3CC3)ncn2)CCCC1. The molecule has 0 spiro atoms. The van der Waals surface area contributed by atoms with Crippen molar-refractivity contribution in [2.45, 2.75) is 38.5 Å². The van der Waals surface area contributed by atoms with E-state index in [1.54, 1.807) is 6.33 Å². The van der Waals surface area contributed by atoms with Crippen molar-refractivity contribution in [3.05, 3.63) is 12.4 Å². The zero-order valence-electron chi connectivity index (χ0n) is 13.9. The lowest BCUT2D eigenvalue weighted by Crippen LogP contribution is -2.37. The summed E-state index contributed by atoms with van der Waals surface area (Å²) in [6.07, 6.45) is 9.71. The Kier molecular flexibility index (Phi) is 4.81. The molecule has 2 aliphatic rings. The molecule has 2 fully saturated rings. The molecule has 0 bridgehead atoms. The molecule has 22 heavy (non-hydrogen) atoms. The van der Waals surface area contributed by atoms with Crippen LogP contribution >= 0.6 is 0 Å². The van der Waals surface area contributed by atoms with E-state index in [-0.39, 0.29) is 0 Å². The number of hydrogen-bond acceptors (Lipinski definition) is 5. The van der Waals surface area contributed by atoms with Crippen LogP contribution in [-0.2, 0) is 0 Å². The van der Waals surface area contributed by atoms with Gasteiger partial charge in [0.15, 0.2) is 0 Å². The number of rotatable bonds is 8. The Morgan fingerprint density at radius 2 is 1.82 bits per heavy atom. The van der Waals surface area contributed by atoms with Crippen LogP contribution < -0.4 is 10.6 Å².